The topological polar surface area (TPSA) is 45.0 Å². The second-order valence-electron chi connectivity index (χ2n) is 9.46. The van der Waals surface area contributed by atoms with Crippen molar-refractivity contribution in [3.8, 4) is 5.75 Å². The molecule has 25 heavy (non-hydrogen) atoms. The zero-order valence-electron chi connectivity index (χ0n) is 17.0. The van der Waals surface area contributed by atoms with E-state index in [-0.39, 0.29) is 16.7 Å². The van der Waals surface area contributed by atoms with Crippen LogP contribution < -0.4 is 4.90 Å². The van der Waals surface area contributed by atoms with Crippen molar-refractivity contribution in [2.75, 3.05) is 26.2 Å². The lowest BCUT2D eigenvalue weighted by Crippen LogP contribution is -3.13. The molecule has 1 heterocycles. The summed E-state index contributed by atoms with van der Waals surface area (Å²) in [5.41, 5.74) is 3.28. The molecule has 1 aromatic rings. The average molecular weight is 348 g/mol. The lowest BCUT2D eigenvalue weighted by atomic mass is 9.79. The van der Waals surface area contributed by atoms with Gasteiger partial charge >= 0.3 is 0 Å². The van der Waals surface area contributed by atoms with Gasteiger partial charge < -0.3 is 14.9 Å². The Balaban J connectivity index is 2.29. The molecule has 140 valence electrons. The minimum absolute atomic E-state index is 0.0467. The molecule has 0 saturated carbocycles. The van der Waals surface area contributed by atoms with Gasteiger partial charge in [-0.05, 0) is 22.5 Å². The second-order valence-corrected chi connectivity index (χ2v) is 9.46. The maximum Gasteiger partial charge on any atom is 0.219 e. The Morgan fingerprint density at radius 3 is 2.08 bits per heavy atom. The van der Waals surface area contributed by atoms with Gasteiger partial charge in [0.15, 0.2) is 0 Å². The number of hydrogen-bond acceptors (Lipinski definition) is 2. The van der Waals surface area contributed by atoms with Crippen LogP contribution in [-0.2, 0) is 22.2 Å². The molecule has 4 heteroatoms. The number of amides is 1. The van der Waals surface area contributed by atoms with E-state index in [2.05, 4.69) is 53.7 Å². The van der Waals surface area contributed by atoms with Crippen LogP contribution in [0.2, 0.25) is 0 Å². The number of rotatable bonds is 2. The van der Waals surface area contributed by atoms with Crippen molar-refractivity contribution in [2.24, 2.45) is 0 Å². The molecule has 1 aliphatic rings. The number of nitrogens with zero attached hydrogens (tertiary/aromatic N) is 1. The van der Waals surface area contributed by atoms with Gasteiger partial charge in [0.25, 0.3) is 0 Å². The lowest BCUT2D eigenvalue weighted by Gasteiger charge is -2.33. The van der Waals surface area contributed by atoms with Crippen LogP contribution in [0.1, 0.15) is 65.2 Å². The SMILES string of the molecule is CC(=O)N1CC[NH+](Cc2cc(C(C)(C)C)cc(C(C)(C)C)c2O)CC1. The fraction of sp³-hybridized carbons (Fsp3) is 0.667. The normalized spacial score (nSPS) is 17.0. The molecule has 0 aromatic heterocycles. The summed E-state index contributed by atoms with van der Waals surface area (Å²) in [7, 11) is 0. The number of carbonyl (C=O) groups excluding carboxylic acids is 1. The Morgan fingerprint density at radius 1 is 1.08 bits per heavy atom. The van der Waals surface area contributed by atoms with Gasteiger partial charge in [0.05, 0.1) is 26.2 Å². The van der Waals surface area contributed by atoms with E-state index in [0.29, 0.717) is 5.75 Å². The maximum absolute atomic E-state index is 11.5. The zero-order chi connectivity index (χ0) is 19.0. The molecule has 1 amide bonds. The van der Waals surface area contributed by atoms with E-state index in [1.54, 1.807) is 6.92 Å². The minimum Gasteiger partial charge on any atom is -0.507 e. The number of benzene rings is 1. The predicted molar refractivity (Wildman–Crippen MR) is 102 cm³/mol. The first-order chi connectivity index (χ1) is 11.4. The molecule has 1 aliphatic heterocycles. The summed E-state index contributed by atoms with van der Waals surface area (Å²) in [6.45, 7) is 19.0. The molecule has 4 nitrogen and oxygen atoms in total. The van der Waals surface area contributed by atoms with E-state index in [1.807, 2.05) is 4.90 Å². The van der Waals surface area contributed by atoms with Crippen molar-refractivity contribution in [1.29, 1.82) is 0 Å². The Hall–Kier alpha value is -1.55. The molecule has 2 N–H and O–H groups in total. The number of phenolic OH excluding ortho intramolecular Hbond substituents is 1. The first kappa shape index (κ1) is 19.8. The van der Waals surface area contributed by atoms with Crippen molar-refractivity contribution in [1.82, 2.24) is 4.90 Å². The monoisotopic (exact) mass is 347 g/mol. The van der Waals surface area contributed by atoms with Crippen molar-refractivity contribution in [2.45, 2.75) is 65.8 Å². The maximum atomic E-state index is 11.5. The number of aromatic hydroxyl groups is 1. The highest BCUT2D eigenvalue weighted by Crippen LogP contribution is 2.37. The summed E-state index contributed by atoms with van der Waals surface area (Å²) in [4.78, 5) is 14.8. The lowest BCUT2D eigenvalue weighted by molar-refractivity contribution is -0.917. The zero-order valence-corrected chi connectivity index (χ0v) is 17.0. The number of carbonyl (C=O) groups is 1. The highest BCUT2D eigenvalue weighted by molar-refractivity contribution is 5.73. The quantitative estimate of drug-likeness (QED) is 0.862. The minimum atomic E-state index is -0.0945. The number of hydrogen-bond donors (Lipinski definition) is 2. The molecule has 0 spiro atoms. The number of phenols is 1. The van der Waals surface area contributed by atoms with E-state index in [9.17, 15) is 9.90 Å². The molecule has 1 fully saturated rings. The van der Waals surface area contributed by atoms with E-state index in [1.165, 1.54) is 10.5 Å². The van der Waals surface area contributed by atoms with Gasteiger partial charge in [-0.25, -0.2) is 0 Å². The van der Waals surface area contributed by atoms with Gasteiger partial charge in [0.2, 0.25) is 5.91 Å². The summed E-state index contributed by atoms with van der Waals surface area (Å²) >= 11 is 0. The van der Waals surface area contributed by atoms with E-state index >= 15 is 0 Å². The van der Waals surface area contributed by atoms with Gasteiger partial charge in [-0.2, -0.15) is 0 Å². The van der Waals surface area contributed by atoms with Crippen molar-refractivity contribution >= 4 is 5.91 Å². The highest BCUT2D eigenvalue weighted by atomic mass is 16.3. The largest absolute Gasteiger partial charge is 0.507 e. The van der Waals surface area contributed by atoms with Crippen molar-refractivity contribution in [3.63, 3.8) is 0 Å². The molecule has 1 saturated heterocycles. The predicted octanol–water partition coefficient (Wildman–Crippen LogP) is 2.23. The van der Waals surface area contributed by atoms with Crippen LogP contribution >= 0.6 is 0 Å². The third kappa shape index (κ3) is 4.75. The fourth-order valence-electron chi connectivity index (χ4n) is 3.42. The molecule has 2 rings (SSSR count). The van der Waals surface area contributed by atoms with Crippen LogP contribution in [0, 0.1) is 0 Å². The molecular weight excluding hydrogens is 312 g/mol. The molecule has 1 aromatic carbocycles. The van der Waals surface area contributed by atoms with Gasteiger partial charge in [0, 0.05) is 18.1 Å². The highest BCUT2D eigenvalue weighted by Gasteiger charge is 2.28. The molecular formula is C21H35N2O2+. The number of quaternary nitrogens is 1. The van der Waals surface area contributed by atoms with E-state index < -0.39 is 0 Å². The van der Waals surface area contributed by atoms with Crippen LogP contribution in [-0.4, -0.2) is 42.1 Å². The first-order valence-corrected chi connectivity index (χ1v) is 9.35. The Morgan fingerprint density at radius 2 is 1.64 bits per heavy atom. The summed E-state index contributed by atoms with van der Waals surface area (Å²) in [6.07, 6.45) is 0. The van der Waals surface area contributed by atoms with Crippen LogP contribution in [0.3, 0.4) is 0 Å². The third-order valence-corrected chi connectivity index (χ3v) is 5.22. The van der Waals surface area contributed by atoms with Crippen LogP contribution in [0.5, 0.6) is 5.75 Å². The molecule has 0 atom stereocenters. The van der Waals surface area contributed by atoms with Gasteiger partial charge in [-0.3, -0.25) is 4.79 Å². The van der Waals surface area contributed by atoms with Crippen LogP contribution in [0.25, 0.3) is 0 Å². The first-order valence-electron chi connectivity index (χ1n) is 9.35. The van der Waals surface area contributed by atoms with E-state index in [0.717, 1.165) is 43.9 Å². The van der Waals surface area contributed by atoms with E-state index in [4.69, 9.17) is 0 Å². The second kappa shape index (κ2) is 6.99. The molecule has 0 aliphatic carbocycles. The summed E-state index contributed by atoms with van der Waals surface area (Å²) < 4.78 is 0. The number of nitrogens with one attached hydrogen (secondary N) is 1. The van der Waals surface area contributed by atoms with Crippen molar-refractivity contribution in [3.05, 3.63) is 28.8 Å². The smallest absolute Gasteiger partial charge is 0.219 e. The molecule has 0 bridgehead atoms. The summed E-state index contributed by atoms with van der Waals surface area (Å²) in [5.74, 6) is 0.605. The van der Waals surface area contributed by atoms with Crippen LogP contribution in [0.15, 0.2) is 12.1 Å². The Bertz CT molecular complexity index is 631. The number of piperazine rings is 1. The average Bonchev–Trinajstić information content (AvgIpc) is 2.47. The molecule has 0 unspecified atom stereocenters. The molecule has 0 radical (unpaired) electrons. The van der Waals surface area contributed by atoms with Crippen LogP contribution in [0.4, 0.5) is 0 Å². The fourth-order valence-corrected chi connectivity index (χ4v) is 3.42. The third-order valence-electron chi connectivity index (χ3n) is 5.22. The Labute approximate surface area is 152 Å². The Kier molecular flexibility index (Phi) is 5.53. The summed E-state index contributed by atoms with van der Waals surface area (Å²) in [6, 6.07) is 4.34. The van der Waals surface area contributed by atoms with Gasteiger partial charge in [0.1, 0.15) is 12.3 Å². The van der Waals surface area contributed by atoms with Gasteiger partial charge in [-0.15, -0.1) is 0 Å². The summed E-state index contributed by atoms with van der Waals surface area (Å²) in [5, 5.41) is 10.9. The van der Waals surface area contributed by atoms with Crippen molar-refractivity contribution < 1.29 is 14.8 Å². The van der Waals surface area contributed by atoms with Gasteiger partial charge in [-0.1, -0.05) is 47.6 Å². The standard InChI is InChI=1S/C21H34N2O2/c1-15(24)23-10-8-22(9-11-23)14-16-12-17(20(2,3)4)13-18(19(16)25)21(5,6)7/h12-13,25H,8-11,14H2,1-7H3/p+1.